The topological polar surface area (TPSA) is 29.3 Å². The maximum absolute atomic E-state index is 5.72. The fourth-order valence-electron chi connectivity index (χ4n) is 2.03. The van der Waals surface area contributed by atoms with Gasteiger partial charge in [-0.1, -0.05) is 13.8 Å². The van der Waals surface area contributed by atoms with Crippen LogP contribution in [0, 0.1) is 5.92 Å². The summed E-state index contributed by atoms with van der Waals surface area (Å²) in [6.45, 7) is 8.98. The number of hydrogen-bond donors (Lipinski definition) is 1. The Labute approximate surface area is 76.1 Å². The Bertz CT molecular complexity index is 134. The van der Waals surface area contributed by atoms with Gasteiger partial charge in [0.05, 0.1) is 0 Å². The summed E-state index contributed by atoms with van der Waals surface area (Å²) < 4.78 is 0. The summed E-state index contributed by atoms with van der Waals surface area (Å²) in [6.07, 6.45) is 2.63. The van der Waals surface area contributed by atoms with Gasteiger partial charge in [0.15, 0.2) is 0 Å². The molecule has 2 heteroatoms. The molecule has 72 valence electrons. The van der Waals surface area contributed by atoms with Gasteiger partial charge in [0.2, 0.25) is 0 Å². The van der Waals surface area contributed by atoms with E-state index in [1.165, 1.54) is 19.4 Å². The third-order valence-electron chi connectivity index (χ3n) is 3.18. The van der Waals surface area contributed by atoms with Crippen molar-refractivity contribution in [2.24, 2.45) is 11.7 Å². The molecule has 0 aliphatic carbocycles. The van der Waals surface area contributed by atoms with Crippen LogP contribution in [0.5, 0.6) is 0 Å². The molecule has 0 radical (unpaired) electrons. The summed E-state index contributed by atoms with van der Waals surface area (Å²) in [5.74, 6) is 0.747. The predicted molar refractivity (Wildman–Crippen MR) is 53.1 cm³/mol. The molecule has 0 aromatic rings. The predicted octanol–water partition coefficient (Wildman–Crippen LogP) is 1.45. The number of nitrogens with zero attached hydrogens (tertiary/aromatic N) is 1. The van der Waals surface area contributed by atoms with Crippen LogP contribution in [0.4, 0.5) is 0 Å². The first-order valence-electron chi connectivity index (χ1n) is 5.12. The number of rotatable bonds is 3. The number of likely N-dealkylation sites (tertiary alicyclic amines) is 1. The van der Waals surface area contributed by atoms with E-state index in [1.54, 1.807) is 0 Å². The lowest BCUT2D eigenvalue weighted by Crippen LogP contribution is -2.43. The smallest absolute Gasteiger partial charge is 0.0221 e. The van der Waals surface area contributed by atoms with E-state index >= 15 is 0 Å². The van der Waals surface area contributed by atoms with E-state index in [2.05, 4.69) is 25.7 Å². The van der Waals surface area contributed by atoms with Crippen LogP contribution in [0.15, 0.2) is 0 Å². The summed E-state index contributed by atoms with van der Waals surface area (Å²) in [4.78, 5) is 2.57. The van der Waals surface area contributed by atoms with Crippen LogP contribution in [-0.2, 0) is 0 Å². The zero-order valence-corrected chi connectivity index (χ0v) is 8.59. The first-order valence-corrected chi connectivity index (χ1v) is 5.12. The van der Waals surface area contributed by atoms with Gasteiger partial charge in [-0.25, -0.2) is 0 Å². The Balaban J connectivity index is 2.49. The zero-order chi connectivity index (χ0) is 9.14. The number of nitrogens with two attached hydrogens (primary N) is 1. The molecule has 2 atom stereocenters. The lowest BCUT2D eigenvalue weighted by atomic mass is 10.0. The Morgan fingerprint density at radius 3 is 2.58 bits per heavy atom. The molecule has 1 aliphatic rings. The Kier molecular flexibility index (Phi) is 3.53. The van der Waals surface area contributed by atoms with Crippen LogP contribution >= 0.6 is 0 Å². The second-order valence-electron chi connectivity index (χ2n) is 4.25. The van der Waals surface area contributed by atoms with Crippen molar-refractivity contribution in [2.75, 3.05) is 13.1 Å². The zero-order valence-electron chi connectivity index (χ0n) is 8.59. The Morgan fingerprint density at radius 2 is 2.08 bits per heavy atom. The molecular weight excluding hydrogens is 148 g/mol. The van der Waals surface area contributed by atoms with E-state index in [-0.39, 0.29) is 0 Å². The normalized spacial score (nSPS) is 28.2. The van der Waals surface area contributed by atoms with Crippen molar-refractivity contribution >= 4 is 0 Å². The van der Waals surface area contributed by atoms with E-state index < -0.39 is 0 Å². The van der Waals surface area contributed by atoms with Crippen molar-refractivity contribution in [3.05, 3.63) is 0 Å². The highest BCUT2D eigenvalue weighted by Gasteiger charge is 2.28. The van der Waals surface area contributed by atoms with E-state index in [1.807, 2.05) is 0 Å². The molecule has 1 heterocycles. The molecule has 1 fully saturated rings. The fourth-order valence-corrected chi connectivity index (χ4v) is 2.03. The summed E-state index contributed by atoms with van der Waals surface area (Å²) >= 11 is 0. The van der Waals surface area contributed by atoms with Gasteiger partial charge < -0.3 is 5.73 Å². The third kappa shape index (κ3) is 1.99. The minimum Gasteiger partial charge on any atom is -0.329 e. The van der Waals surface area contributed by atoms with Crippen LogP contribution in [0.2, 0.25) is 0 Å². The highest BCUT2D eigenvalue weighted by Crippen LogP contribution is 2.22. The van der Waals surface area contributed by atoms with Crippen LogP contribution in [0.1, 0.15) is 33.6 Å². The maximum atomic E-state index is 5.72. The molecular formula is C10H22N2. The Morgan fingerprint density at radius 1 is 1.42 bits per heavy atom. The van der Waals surface area contributed by atoms with E-state index in [0.29, 0.717) is 12.1 Å². The first-order chi connectivity index (χ1) is 5.66. The molecule has 0 aromatic carbocycles. The quantitative estimate of drug-likeness (QED) is 0.694. The molecule has 2 unspecified atom stereocenters. The second-order valence-corrected chi connectivity index (χ2v) is 4.25. The molecule has 0 aromatic heterocycles. The molecule has 0 spiro atoms. The third-order valence-corrected chi connectivity index (χ3v) is 3.18. The Hall–Kier alpha value is -0.0800. The molecule has 1 aliphatic heterocycles. The van der Waals surface area contributed by atoms with Gasteiger partial charge in [0.1, 0.15) is 0 Å². The van der Waals surface area contributed by atoms with Gasteiger partial charge >= 0.3 is 0 Å². The van der Waals surface area contributed by atoms with Crippen LogP contribution in [0.3, 0.4) is 0 Å². The van der Waals surface area contributed by atoms with Gasteiger partial charge in [0.25, 0.3) is 0 Å². The van der Waals surface area contributed by atoms with E-state index in [0.717, 1.165) is 12.5 Å². The molecule has 0 bridgehead atoms. The fraction of sp³-hybridized carbons (Fsp3) is 1.00. The van der Waals surface area contributed by atoms with Gasteiger partial charge in [-0.05, 0) is 32.2 Å². The highest BCUT2D eigenvalue weighted by molar-refractivity contribution is 4.84. The standard InChI is InChI=1S/C10H22N2/c1-8(2)9(3)12-6-4-5-10(12)7-11/h8-10H,4-7,11H2,1-3H3. The highest BCUT2D eigenvalue weighted by atomic mass is 15.2. The summed E-state index contributed by atoms with van der Waals surface area (Å²) in [7, 11) is 0. The molecule has 12 heavy (non-hydrogen) atoms. The molecule has 1 saturated heterocycles. The monoisotopic (exact) mass is 170 g/mol. The van der Waals surface area contributed by atoms with Crippen molar-refractivity contribution < 1.29 is 0 Å². The van der Waals surface area contributed by atoms with Crippen molar-refractivity contribution in [3.63, 3.8) is 0 Å². The van der Waals surface area contributed by atoms with Crippen molar-refractivity contribution in [3.8, 4) is 0 Å². The largest absolute Gasteiger partial charge is 0.329 e. The molecule has 2 nitrogen and oxygen atoms in total. The van der Waals surface area contributed by atoms with Gasteiger partial charge in [-0.3, -0.25) is 4.90 Å². The first kappa shape index (κ1) is 10.0. The molecule has 2 N–H and O–H groups in total. The van der Waals surface area contributed by atoms with Gasteiger partial charge in [-0.15, -0.1) is 0 Å². The minimum absolute atomic E-state index is 0.655. The maximum Gasteiger partial charge on any atom is 0.0221 e. The lowest BCUT2D eigenvalue weighted by molar-refractivity contribution is 0.157. The van der Waals surface area contributed by atoms with Crippen molar-refractivity contribution in [2.45, 2.75) is 45.7 Å². The van der Waals surface area contributed by atoms with E-state index in [9.17, 15) is 0 Å². The summed E-state index contributed by atoms with van der Waals surface area (Å²) in [6, 6.07) is 1.35. The lowest BCUT2D eigenvalue weighted by Gasteiger charge is -2.32. The molecule has 1 rings (SSSR count). The van der Waals surface area contributed by atoms with Crippen LogP contribution < -0.4 is 5.73 Å². The second kappa shape index (κ2) is 4.24. The van der Waals surface area contributed by atoms with Crippen molar-refractivity contribution in [1.29, 1.82) is 0 Å². The van der Waals surface area contributed by atoms with Crippen LogP contribution in [-0.4, -0.2) is 30.1 Å². The van der Waals surface area contributed by atoms with Gasteiger partial charge in [-0.2, -0.15) is 0 Å². The SMILES string of the molecule is CC(C)C(C)N1CCCC1CN. The average molecular weight is 170 g/mol. The minimum atomic E-state index is 0.655. The number of hydrogen-bond acceptors (Lipinski definition) is 2. The summed E-state index contributed by atoms with van der Waals surface area (Å²) in [5.41, 5.74) is 5.72. The average Bonchev–Trinajstić information content (AvgIpc) is 2.49. The summed E-state index contributed by atoms with van der Waals surface area (Å²) in [5, 5.41) is 0. The van der Waals surface area contributed by atoms with Crippen LogP contribution in [0.25, 0.3) is 0 Å². The van der Waals surface area contributed by atoms with E-state index in [4.69, 9.17) is 5.73 Å². The van der Waals surface area contributed by atoms with Crippen molar-refractivity contribution in [1.82, 2.24) is 4.90 Å². The van der Waals surface area contributed by atoms with Gasteiger partial charge in [0, 0.05) is 18.6 Å². The molecule has 0 amide bonds. The molecule has 0 saturated carbocycles.